The van der Waals surface area contributed by atoms with Gasteiger partial charge in [-0.1, -0.05) is 24.3 Å². The largest absolute Gasteiger partial charge is 0.436 e. The van der Waals surface area contributed by atoms with E-state index in [1.165, 1.54) is 0 Å². The third-order valence-electron chi connectivity index (χ3n) is 2.65. The van der Waals surface area contributed by atoms with Gasteiger partial charge in [0.15, 0.2) is 5.58 Å². The van der Waals surface area contributed by atoms with Gasteiger partial charge in [-0.2, -0.15) is 0 Å². The Hall–Kier alpha value is -2.16. The van der Waals surface area contributed by atoms with Crippen molar-refractivity contribution in [1.82, 2.24) is 4.98 Å². The Labute approximate surface area is 97.7 Å². The summed E-state index contributed by atoms with van der Waals surface area (Å²) in [6, 6.07) is 14.7. The number of halogens is 1. The van der Waals surface area contributed by atoms with Crippen LogP contribution in [0, 0.1) is 0 Å². The van der Waals surface area contributed by atoms with Crippen LogP contribution >= 0.6 is 0 Å². The molecule has 3 rings (SSSR count). The first kappa shape index (κ1) is 10.0. The minimum atomic E-state index is -0.451. The Morgan fingerprint density at radius 3 is 2.47 bits per heavy atom. The molecule has 3 aromatic rings. The van der Waals surface area contributed by atoms with Crippen molar-refractivity contribution in [3.05, 3.63) is 54.1 Å². The molecule has 0 bridgehead atoms. The quantitative estimate of drug-likeness (QED) is 0.662. The van der Waals surface area contributed by atoms with Crippen LogP contribution < -0.4 is 0 Å². The predicted octanol–water partition coefficient (Wildman–Crippen LogP) is 3.96. The van der Waals surface area contributed by atoms with Crippen LogP contribution in [0.25, 0.3) is 22.6 Å². The summed E-state index contributed by atoms with van der Waals surface area (Å²) in [5.41, 5.74) is 3.11. The molecule has 0 saturated carbocycles. The molecule has 0 aliphatic rings. The van der Waals surface area contributed by atoms with E-state index in [9.17, 15) is 4.39 Å². The molecule has 2 aromatic carbocycles. The Bertz CT molecular complexity index is 610. The first-order valence-electron chi connectivity index (χ1n) is 5.37. The third-order valence-corrected chi connectivity index (χ3v) is 2.65. The summed E-state index contributed by atoms with van der Waals surface area (Å²) in [5.74, 6) is 0.566. The van der Waals surface area contributed by atoms with Crippen LogP contribution in [0.4, 0.5) is 4.39 Å². The predicted molar refractivity (Wildman–Crippen MR) is 64.3 cm³/mol. The first-order valence-corrected chi connectivity index (χ1v) is 5.37. The lowest BCUT2D eigenvalue weighted by Crippen LogP contribution is -1.80. The standard InChI is InChI=1S/C14H10FNO/c15-9-10-5-7-11(8-6-10)14-16-12-3-1-2-4-13(12)17-14/h1-8H,9H2. The highest BCUT2D eigenvalue weighted by Gasteiger charge is 2.07. The van der Waals surface area contributed by atoms with Crippen molar-refractivity contribution in [2.24, 2.45) is 0 Å². The zero-order valence-corrected chi connectivity index (χ0v) is 9.06. The van der Waals surface area contributed by atoms with Crippen molar-refractivity contribution >= 4 is 11.1 Å². The summed E-state index contributed by atoms with van der Waals surface area (Å²) in [5, 5.41) is 0. The molecule has 0 fully saturated rings. The lowest BCUT2D eigenvalue weighted by Gasteiger charge is -1.96. The van der Waals surface area contributed by atoms with Gasteiger partial charge in [0, 0.05) is 5.56 Å². The number of alkyl halides is 1. The van der Waals surface area contributed by atoms with Gasteiger partial charge in [-0.25, -0.2) is 9.37 Å². The summed E-state index contributed by atoms with van der Waals surface area (Å²) in [7, 11) is 0. The van der Waals surface area contributed by atoms with Crippen LogP contribution in [0.15, 0.2) is 52.9 Å². The van der Waals surface area contributed by atoms with Crippen molar-refractivity contribution in [2.45, 2.75) is 6.67 Å². The van der Waals surface area contributed by atoms with Gasteiger partial charge in [0.25, 0.3) is 0 Å². The molecule has 3 heteroatoms. The Morgan fingerprint density at radius 1 is 1.00 bits per heavy atom. The van der Waals surface area contributed by atoms with E-state index in [0.29, 0.717) is 11.5 Å². The minimum Gasteiger partial charge on any atom is -0.436 e. The Kier molecular flexibility index (Phi) is 2.37. The van der Waals surface area contributed by atoms with Gasteiger partial charge >= 0.3 is 0 Å². The average Bonchev–Trinajstić information content (AvgIpc) is 2.82. The van der Waals surface area contributed by atoms with E-state index < -0.39 is 6.67 Å². The van der Waals surface area contributed by atoms with Crippen LogP contribution in [-0.2, 0) is 6.67 Å². The second-order valence-corrected chi connectivity index (χ2v) is 3.82. The molecule has 0 amide bonds. The highest BCUT2D eigenvalue weighted by Crippen LogP contribution is 2.24. The zero-order valence-electron chi connectivity index (χ0n) is 9.06. The molecule has 2 nitrogen and oxygen atoms in total. The maximum absolute atomic E-state index is 12.4. The molecular formula is C14H10FNO. The van der Waals surface area contributed by atoms with Gasteiger partial charge in [0.05, 0.1) is 0 Å². The minimum absolute atomic E-state index is 0.451. The highest BCUT2D eigenvalue weighted by atomic mass is 19.1. The van der Waals surface area contributed by atoms with E-state index in [0.717, 1.165) is 16.7 Å². The van der Waals surface area contributed by atoms with Gasteiger partial charge in [-0.15, -0.1) is 0 Å². The van der Waals surface area contributed by atoms with Crippen molar-refractivity contribution in [3.8, 4) is 11.5 Å². The summed E-state index contributed by atoms with van der Waals surface area (Å²) >= 11 is 0. The molecule has 0 aliphatic carbocycles. The molecule has 0 atom stereocenters. The monoisotopic (exact) mass is 227 g/mol. The van der Waals surface area contributed by atoms with Crippen LogP contribution in [-0.4, -0.2) is 4.98 Å². The SMILES string of the molecule is FCc1ccc(-c2nc3ccccc3o2)cc1. The van der Waals surface area contributed by atoms with Crippen LogP contribution in [0.2, 0.25) is 0 Å². The average molecular weight is 227 g/mol. The smallest absolute Gasteiger partial charge is 0.227 e. The highest BCUT2D eigenvalue weighted by molar-refractivity contribution is 5.75. The molecule has 0 saturated heterocycles. The molecule has 0 N–H and O–H groups in total. The summed E-state index contributed by atoms with van der Waals surface area (Å²) in [4.78, 5) is 4.38. The van der Waals surface area contributed by atoms with E-state index in [1.807, 2.05) is 36.4 Å². The molecule has 17 heavy (non-hydrogen) atoms. The third kappa shape index (κ3) is 1.80. The van der Waals surface area contributed by atoms with Gasteiger partial charge in [-0.3, -0.25) is 0 Å². The summed E-state index contributed by atoms with van der Waals surface area (Å²) in [6.45, 7) is -0.451. The van der Waals surface area contributed by atoms with Gasteiger partial charge in [-0.05, 0) is 29.8 Å². The van der Waals surface area contributed by atoms with E-state index in [-0.39, 0.29) is 0 Å². The van der Waals surface area contributed by atoms with Crippen molar-refractivity contribution in [2.75, 3.05) is 0 Å². The molecule has 0 unspecified atom stereocenters. The molecule has 1 heterocycles. The number of oxazole rings is 1. The number of hydrogen-bond acceptors (Lipinski definition) is 2. The number of benzene rings is 2. The Balaban J connectivity index is 2.07. The van der Waals surface area contributed by atoms with Gasteiger partial charge in [0.2, 0.25) is 5.89 Å². The number of rotatable bonds is 2. The number of hydrogen-bond donors (Lipinski definition) is 0. The molecular weight excluding hydrogens is 217 g/mol. The number of fused-ring (bicyclic) bond motifs is 1. The fourth-order valence-electron chi connectivity index (χ4n) is 1.73. The number of nitrogens with zero attached hydrogens (tertiary/aromatic N) is 1. The van der Waals surface area contributed by atoms with Gasteiger partial charge in [0.1, 0.15) is 12.2 Å². The van der Waals surface area contributed by atoms with Crippen LogP contribution in [0.1, 0.15) is 5.56 Å². The van der Waals surface area contributed by atoms with Crippen molar-refractivity contribution in [3.63, 3.8) is 0 Å². The molecule has 1 aromatic heterocycles. The topological polar surface area (TPSA) is 26.0 Å². The normalized spacial score (nSPS) is 10.9. The second kappa shape index (κ2) is 4.01. The van der Waals surface area contributed by atoms with Crippen LogP contribution in [0.5, 0.6) is 0 Å². The molecule has 0 aliphatic heterocycles. The second-order valence-electron chi connectivity index (χ2n) is 3.82. The first-order chi connectivity index (χ1) is 8.36. The van der Waals surface area contributed by atoms with E-state index in [2.05, 4.69) is 4.98 Å². The fraction of sp³-hybridized carbons (Fsp3) is 0.0714. The van der Waals surface area contributed by atoms with Gasteiger partial charge < -0.3 is 4.42 Å². The van der Waals surface area contributed by atoms with E-state index in [1.54, 1.807) is 12.1 Å². The van der Waals surface area contributed by atoms with Crippen LogP contribution in [0.3, 0.4) is 0 Å². The lowest BCUT2D eigenvalue weighted by molar-refractivity contribution is 0.485. The maximum Gasteiger partial charge on any atom is 0.227 e. The molecule has 0 spiro atoms. The Morgan fingerprint density at radius 2 is 1.76 bits per heavy atom. The van der Waals surface area contributed by atoms with Crippen molar-refractivity contribution in [1.29, 1.82) is 0 Å². The number of para-hydroxylation sites is 2. The zero-order chi connectivity index (χ0) is 11.7. The lowest BCUT2D eigenvalue weighted by atomic mass is 10.1. The van der Waals surface area contributed by atoms with Crippen molar-refractivity contribution < 1.29 is 8.81 Å². The molecule has 84 valence electrons. The number of aromatic nitrogens is 1. The maximum atomic E-state index is 12.4. The van der Waals surface area contributed by atoms with E-state index in [4.69, 9.17) is 4.42 Å². The summed E-state index contributed by atoms with van der Waals surface area (Å²) in [6.07, 6.45) is 0. The molecule has 0 radical (unpaired) electrons. The van der Waals surface area contributed by atoms with E-state index >= 15 is 0 Å². The summed E-state index contributed by atoms with van der Waals surface area (Å²) < 4.78 is 18.0. The fourth-order valence-corrected chi connectivity index (χ4v) is 1.73.